The van der Waals surface area contributed by atoms with Crippen LogP contribution < -0.4 is 18.9 Å². The van der Waals surface area contributed by atoms with Gasteiger partial charge in [0, 0.05) is 31.9 Å². The summed E-state index contributed by atoms with van der Waals surface area (Å²) in [6.45, 7) is 1.90. The fourth-order valence-electron chi connectivity index (χ4n) is 4.85. The van der Waals surface area contributed by atoms with E-state index in [0.29, 0.717) is 36.2 Å². The van der Waals surface area contributed by atoms with E-state index in [1.165, 1.54) is 23.5 Å². The average molecular weight is 603 g/mol. The highest BCUT2D eigenvalue weighted by atomic mass is 79.9. The summed E-state index contributed by atoms with van der Waals surface area (Å²) >= 11 is 3.29. The van der Waals surface area contributed by atoms with E-state index in [0.717, 1.165) is 35.0 Å². The molecule has 1 saturated carbocycles. The third-order valence-electron chi connectivity index (χ3n) is 7.25. The summed E-state index contributed by atoms with van der Waals surface area (Å²) < 4.78 is 48.9. The van der Waals surface area contributed by atoms with Gasteiger partial charge in [-0.05, 0) is 64.2 Å². The zero-order chi connectivity index (χ0) is 26.2. The SMILES string of the molecule is O=S(=O)(Nc1ncnc(OCCOc2ncc(Br)cn2)c1-c1ccc2c(c1)OCC2)N1CCC2(CC1)CC2. The molecule has 38 heavy (non-hydrogen) atoms. The molecule has 4 heterocycles. The number of rotatable bonds is 9. The van der Waals surface area contributed by atoms with Gasteiger partial charge in [0.2, 0.25) is 5.88 Å². The molecule has 0 bridgehead atoms. The maximum absolute atomic E-state index is 13.4. The monoisotopic (exact) mass is 602 g/mol. The molecule has 2 fully saturated rings. The number of ether oxygens (including phenoxy) is 3. The lowest BCUT2D eigenvalue weighted by molar-refractivity contribution is 0.202. The Morgan fingerprint density at radius 2 is 1.79 bits per heavy atom. The lowest BCUT2D eigenvalue weighted by Crippen LogP contribution is -2.42. The maximum Gasteiger partial charge on any atom is 0.316 e. The zero-order valence-corrected chi connectivity index (χ0v) is 23.0. The molecule has 1 aliphatic carbocycles. The molecule has 200 valence electrons. The Bertz CT molecular complexity index is 1420. The predicted molar refractivity (Wildman–Crippen MR) is 142 cm³/mol. The van der Waals surface area contributed by atoms with Gasteiger partial charge in [-0.15, -0.1) is 0 Å². The average Bonchev–Trinajstić information content (AvgIpc) is 3.49. The highest BCUT2D eigenvalue weighted by Crippen LogP contribution is 2.53. The summed E-state index contributed by atoms with van der Waals surface area (Å²) in [5.74, 6) is 1.14. The minimum absolute atomic E-state index is 0.130. The van der Waals surface area contributed by atoms with Crippen molar-refractivity contribution in [2.45, 2.75) is 32.1 Å². The number of nitrogens with one attached hydrogen (secondary N) is 1. The van der Waals surface area contributed by atoms with Gasteiger partial charge in [0.25, 0.3) is 0 Å². The number of fused-ring (bicyclic) bond motifs is 1. The number of benzene rings is 1. The fraction of sp³-hybridized carbons (Fsp3) is 0.440. The van der Waals surface area contributed by atoms with Crippen LogP contribution in [0.3, 0.4) is 0 Å². The second kappa shape index (κ2) is 10.3. The molecule has 2 aliphatic heterocycles. The van der Waals surface area contributed by atoms with Crippen LogP contribution in [0, 0.1) is 5.41 Å². The van der Waals surface area contributed by atoms with Crippen molar-refractivity contribution < 1.29 is 22.6 Å². The number of hydrogen-bond donors (Lipinski definition) is 1. The molecule has 13 heteroatoms. The van der Waals surface area contributed by atoms with Crippen molar-refractivity contribution >= 4 is 32.0 Å². The Morgan fingerprint density at radius 1 is 1.03 bits per heavy atom. The number of halogens is 1. The van der Waals surface area contributed by atoms with Crippen LogP contribution >= 0.6 is 15.9 Å². The minimum atomic E-state index is -3.82. The molecule has 1 saturated heterocycles. The largest absolute Gasteiger partial charge is 0.493 e. The van der Waals surface area contributed by atoms with E-state index in [1.807, 2.05) is 18.2 Å². The summed E-state index contributed by atoms with van der Waals surface area (Å²) in [6, 6.07) is 5.97. The van der Waals surface area contributed by atoms with Crippen molar-refractivity contribution in [1.82, 2.24) is 24.2 Å². The standard InChI is InChI=1S/C25H27BrN6O5S/c26-19-14-27-24(28-15-19)37-12-11-36-23-21(18-2-1-17-3-10-35-20(17)13-18)22(29-16-30-23)31-38(33,34)32-8-6-25(4-5-25)7-9-32/h1-2,13-16H,3-12H2,(H,29,30,31). The molecule has 2 aromatic heterocycles. The molecule has 6 rings (SSSR count). The topological polar surface area (TPSA) is 129 Å². The van der Waals surface area contributed by atoms with E-state index in [9.17, 15) is 8.42 Å². The first-order valence-corrected chi connectivity index (χ1v) is 14.8. The van der Waals surface area contributed by atoms with Gasteiger partial charge in [-0.25, -0.2) is 19.9 Å². The van der Waals surface area contributed by atoms with Crippen molar-refractivity contribution in [3.8, 4) is 28.8 Å². The van der Waals surface area contributed by atoms with Gasteiger partial charge in [-0.3, -0.25) is 4.72 Å². The number of aromatic nitrogens is 4. The first-order valence-electron chi connectivity index (χ1n) is 12.5. The van der Waals surface area contributed by atoms with Crippen molar-refractivity contribution in [2.24, 2.45) is 5.41 Å². The molecule has 1 N–H and O–H groups in total. The first kappa shape index (κ1) is 25.3. The van der Waals surface area contributed by atoms with Gasteiger partial charge >= 0.3 is 16.2 Å². The molecule has 3 aliphatic rings. The molecule has 3 aromatic rings. The molecular formula is C25H27BrN6O5S. The van der Waals surface area contributed by atoms with E-state index in [4.69, 9.17) is 14.2 Å². The quantitative estimate of drug-likeness (QED) is 0.365. The number of piperidine rings is 1. The summed E-state index contributed by atoms with van der Waals surface area (Å²) in [4.78, 5) is 16.8. The Kier molecular flexibility index (Phi) is 6.82. The second-order valence-electron chi connectivity index (χ2n) is 9.71. The van der Waals surface area contributed by atoms with Crippen LogP contribution in [0.5, 0.6) is 17.6 Å². The molecule has 0 atom stereocenters. The van der Waals surface area contributed by atoms with Gasteiger partial charge in [-0.2, -0.15) is 12.7 Å². The van der Waals surface area contributed by atoms with Gasteiger partial charge in [-0.1, -0.05) is 12.1 Å². The second-order valence-corrected chi connectivity index (χ2v) is 12.3. The molecule has 1 spiro atoms. The van der Waals surface area contributed by atoms with Gasteiger partial charge in [0.1, 0.15) is 25.3 Å². The van der Waals surface area contributed by atoms with Crippen LogP contribution in [0.25, 0.3) is 11.1 Å². The molecule has 0 radical (unpaired) electrons. The van der Waals surface area contributed by atoms with E-state index in [-0.39, 0.29) is 30.9 Å². The third-order valence-corrected chi connectivity index (χ3v) is 9.16. The van der Waals surface area contributed by atoms with Crippen molar-refractivity contribution in [3.05, 3.63) is 47.0 Å². The highest BCUT2D eigenvalue weighted by molar-refractivity contribution is 9.10. The van der Waals surface area contributed by atoms with Crippen LogP contribution in [0.4, 0.5) is 5.82 Å². The van der Waals surface area contributed by atoms with Crippen LogP contribution in [-0.2, 0) is 16.6 Å². The highest BCUT2D eigenvalue weighted by Gasteiger charge is 2.46. The van der Waals surface area contributed by atoms with Gasteiger partial charge < -0.3 is 14.2 Å². The number of nitrogens with zero attached hydrogens (tertiary/aromatic N) is 5. The van der Waals surface area contributed by atoms with Gasteiger partial charge in [0.15, 0.2) is 5.82 Å². The summed E-state index contributed by atoms with van der Waals surface area (Å²) in [7, 11) is -3.82. The van der Waals surface area contributed by atoms with Crippen molar-refractivity contribution in [3.63, 3.8) is 0 Å². The van der Waals surface area contributed by atoms with E-state index < -0.39 is 10.2 Å². The Labute approximate surface area is 229 Å². The van der Waals surface area contributed by atoms with E-state index >= 15 is 0 Å². The molecular weight excluding hydrogens is 576 g/mol. The molecule has 1 aromatic carbocycles. The third kappa shape index (κ3) is 5.40. The van der Waals surface area contributed by atoms with Crippen molar-refractivity contribution in [1.29, 1.82) is 0 Å². The first-order chi connectivity index (χ1) is 18.4. The van der Waals surface area contributed by atoms with Crippen LogP contribution in [0.15, 0.2) is 41.4 Å². The number of anilines is 1. The summed E-state index contributed by atoms with van der Waals surface area (Å²) in [5, 5.41) is 0. The van der Waals surface area contributed by atoms with Crippen LogP contribution in [0.2, 0.25) is 0 Å². The van der Waals surface area contributed by atoms with Crippen molar-refractivity contribution in [2.75, 3.05) is 37.6 Å². The number of hydrogen-bond acceptors (Lipinski definition) is 9. The zero-order valence-electron chi connectivity index (χ0n) is 20.6. The minimum Gasteiger partial charge on any atom is -0.493 e. The fourth-order valence-corrected chi connectivity index (χ4v) is 6.25. The lowest BCUT2D eigenvalue weighted by atomic mass is 9.95. The van der Waals surface area contributed by atoms with Crippen LogP contribution in [0.1, 0.15) is 31.2 Å². The maximum atomic E-state index is 13.4. The van der Waals surface area contributed by atoms with E-state index in [1.54, 1.807) is 12.4 Å². The Balaban J connectivity index is 1.24. The summed E-state index contributed by atoms with van der Waals surface area (Å²) in [6.07, 6.45) is 9.47. The predicted octanol–water partition coefficient (Wildman–Crippen LogP) is 3.62. The Hall–Kier alpha value is -3.03. The molecule has 0 amide bonds. The molecule has 0 unspecified atom stereocenters. The Morgan fingerprint density at radius 3 is 2.55 bits per heavy atom. The molecule has 11 nitrogen and oxygen atoms in total. The lowest BCUT2D eigenvalue weighted by Gasteiger charge is -2.31. The normalized spacial score (nSPS) is 18.0. The van der Waals surface area contributed by atoms with E-state index in [2.05, 4.69) is 40.6 Å². The van der Waals surface area contributed by atoms with Gasteiger partial charge in [0.05, 0.1) is 16.6 Å². The van der Waals surface area contributed by atoms with Crippen LogP contribution in [-0.4, -0.2) is 65.6 Å². The summed E-state index contributed by atoms with van der Waals surface area (Å²) in [5.41, 5.74) is 2.58. The smallest absolute Gasteiger partial charge is 0.316 e.